The summed E-state index contributed by atoms with van der Waals surface area (Å²) in [6.45, 7) is 15.6. The Bertz CT molecular complexity index is 878. The summed E-state index contributed by atoms with van der Waals surface area (Å²) in [5.41, 5.74) is 6.84. The van der Waals surface area contributed by atoms with Gasteiger partial charge in [-0.1, -0.05) is 17.7 Å². The van der Waals surface area contributed by atoms with E-state index in [9.17, 15) is 9.59 Å². The zero-order valence-corrected chi connectivity index (χ0v) is 18.7. The number of carbonyl (C=O) groups is 2. The fourth-order valence-corrected chi connectivity index (χ4v) is 3.85. The molecule has 2 aromatic carbocycles. The van der Waals surface area contributed by atoms with E-state index in [1.54, 1.807) is 4.90 Å². The van der Waals surface area contributed by atoms with Gasteiger partial charge in [0.2, 0.25) is 11.8 Å². The van der Waals surface area contributed by atoms with Gasteiger partial charge in [0.25, 0.3) is 0 Å². The number of rotatable bonds is 7. The molecule has 0 spiro atoms. The molecule has 0 heterocycles. The van der Waals surface area contributed by atoms with Gasteiger partial charge < -0.3 is 15.1 Å². The predicted octanol–water partition coefficient (Wildman–Crippen LogP) is 4.76. The summed E-state index contributed by atoms with van der Waals surface area (Å²) in [5, 5.41) is 2.97. The van der Waals surface area contributed by atoms with Crippen LogP contribution in [0, 0.1) is 27.7 Å². The Morgan fingerprint density at radius 2 is 1.48 bits per heavy atom. The third-order valence-corrected chi connectivity index (χ3v) is 5.20. The molecule has 0 saturated carbocycles. The Hall–Kier alpha value is -2.82. The number of hydrogen-bond acceptors (Lipinski definition) is 3. The second-order valence-electron chi connectivity index (χ2n) is 7.57. The van der Waals surface area contributed by atoms with Crippen molar-refractivity contribution in [2.24, 2.45) is 0 Å². The van der Waals surface area contributed by atoms with E-state index in [0.29, 0.717) is 0 Å². The van der Waals surface area contributed by atoms with Crippen LogP contribution in [-0.4, -0.2) is 31.4 Å². The SMILES string of the molecule is CCN(CC)c1ccc(NC(=O)CN(C(C)=O)c2c(C)cc(C)cc2C)c(C)c1. The smallest absolute Gasteiger partial charge is 0.244 e. The third kappa shape index (κ3) is 5.37. The molecular formula is C24H33N3O2. The summed E-state index contributed by atoms with van der Waals surface area (Å²) in [4.78, 5) is 28.9. The highest BCUT2D eigenvalue weighted by Crippen LogP contribution is 2.27. The second-order valence-corrected chi connectivity index (χ2v) is 7.57. The number of nitrogens with zero attached hydrogens (tertiary/aromatic N) is 2. The van der Waals surface area contributed by atoms with E-state index in [1.807, 2.05) is 52.0 Å². The summed E-state index contributed by atoms with van der Waals surface area (Å²) in [7, 11) is 0. The van der Waals surface area contributed by atoms with Gasteiger partial charge in [-0.25, -0.2) is 0 Å². The molecule has 0 aliphatic carbocycles. The maximum Gasteiger partial charge on any atom is 0.244 e. The lowest BCUT2D eigenvalue weighted by molar-refractivity contribution is -0.120. The normalized spacial score (nSPS) is 10.6. The van der Waals surface area contributed by atoms with Crippen molar-refractivity contribution >= 4 is 28.9 Å². The maximum atomic E-state index is 12.8. The fourth-order valence-electron chi connectivity index (χ4n) is 3.85. The van der Waals surface area contributed by atoms with Crippen LogP contribution >= 0.6 is 0 Å². The van der Waals surface area contributed by atoms with Crippen LogP contribution in [0.5, 0.6) is 0 Å². The van der Waals surface area contributed by atoms with Gasteiger partial charge in [0.15, 0.2) is 0 Å². The van der Waals surface area contributed by atoms with Crippen LogP contribution in [0.2, 0.25) is 0 Å². The van der Waals surface area contributed by atoms with Crippen molar-refractivity contribution in [1.29, 1.82) is 0 Å². The molecule has 29 heavy (non-hydrogen) atoms. The van der Waals surface area contributed by atoms with Gasteiger partial charge in [-0.2, -0.15) is 0 Å². The molecule has 156 valence electrons. The Morgan fingerprint density at radius 1 is 0.897 bits per heavy atom. The molecule has 2 rings (SSSR count). The third-order valence-electron chi connectivity index (χ3n) is 5.20. The van der Waals surface area contributed by atoms with Crippen molar-refractivity contribution in [3.05, 3.63) is 52.6 Å². The lowest BCUT2D eigenvalue weighted by atomic mass is 10.0. The Labute approximate surface area is 174 Å². The number of amides is 2. The Balaban J connectivity index is 2.21. The zero-order chi connectivity index (χ0) is 21.7. The molecular weight excluding hydrogens is 362 g/mol. The first kappa shape index (κ1) is 22.5. The van der Waals surface area contributed by atoms with Crippen molar-refractivity contribution in [3.8, 4) is 0 Å². The minimum Gasteiger partial charge on any atom is -0.372 e. The van der Waals surface area contributed by atoms with Gasteiger partial charge in [-0.3, -0.25) is 9.59 Å². The molecule has 0 aliphatic heterocycles. The summed E-state index contributed by atoms with van der Waals surface area (Å²) < 4.78 is 0. The van der Waals surface area contributed by atoms with Gasteiger partial charge in [0, 0.05) is 31.4 Å². The van der Waals surface area contributed by atoms with Crippen molar-refractivity contribution in [2.45, 2.75) is 48.5 Å². The van der Waals surface area contributed by atoms with Gasteiger partial charge in [0.1, 0.15) is 6.54 Å². The number of hydrogen-bond donors (Lipinski definition) is 1. The molecule has 5 heteroatoms. The summed E-state index contributed by atoms with van der Waals surface area (Å²) in [5.74, 6) is -0.359. The number of aryl methyl sites for hydroxylation is 4. The van der Waals surface area contributed by atoms with Crippen molar-refractivity contribution in [2.75, 3.05) is 34.8 Å². The standard InChI is InChI=1S/C24H33N3O2/c1-8-26(9-2)21-10-11-22(17(4)14-21)25-23(29)15-27(20(7)28)24-18(5)12-16(3)13-19(24)6/h10-14H,8-9,15H2,1-7H3,(H,25,29). The van der Waals surface area contributed by atoms with Crippen LogP contribution in [0.15, 0.2) is 30.3 Å². The maximum absolute atomic E-state index is 12.8. The predicted molar refractivity (Wildman–Crippen MR) is 122 cm³/mol. The number of anilines is 3. The highest BCUT2D eigenvalue weighted by atomic mass is 16.2. The largest absolute Gasteiger partial charge is 0.372 e. The van der Waals surface area contributed by atoms with Crippen LogP contribution < -0.4 is 15.1 Å². The molecule has 2 aromatic rings. The van der Waals surface area contributed by atoms with E-state index in [-0.39, 0.29) is 18.4 Å². The minimum absolute atomic E-state index is 0.0166. The highest BCUT2D eigenvalue weighted by molar-refractivity contribution is 6.03. The zero-order valence-electron chi connectivity index (χ0n) is 18.7. The van der Waals surface area contributed by atoms with Gasteiger partial charge in [-0.15, -0.1) is 0 Å². The molecule has 0 unspecified atom stereocenters. The van der Waals surface area contributed by atoms with Crippen LogP contribution in [0.1, 0.15) is 43.0 Å². The minimum atomic E-state index is -0.210. The van der Waals surface area contributed by atoms with Crippen LogP contribution in [0.25, 0.3) is 0 Å². The fraction of sp³-hybridized carbons (Fsp3) is 0.417. The molecule has 1 N–H and O–H groups in total. The van der Waals surface area contributed by atoms with E-state index in [4.69, 9.17) is 0 Å². The van der Waals surface area contributed by atoms with E-state index < -0.39 is 0 Å². The van der Waals surface area contributed by atoms with E-state index in [0.717, 1.165) is 52.4 Å². The first-order valence-corrected chi connectivity index (χ1v) is 10.2. The first-order chi connectivity index (χ1) is 13.7. The van der Waals surface area contributed by atoms with Crippen molar-refractivity contribution in [3.63, 3.8) is 0 Å². The molecule has 0 aromatic heterocycles. The van der Waals surface area contributed by atoms with E-state index in [1.165, 1.54) is 6.92 Å². The molecule has 0 aliphatic rings. The summed E-state index contributed by atoms with van der Waals surface area (Å²) in [6, 6.07) is 10.1. The number of carbonyl (C=O) groups excluding carboxylic acids is 2. The van der Waals surface area contributed by atoms with Crippen molar-refractivity contribution < 1.29 is 9.59 Å². The first-order valence-electron chi connectivity index (χ1n) is 10.2. The lowest BCUT2D eigenvalue weighted by Crippen LogP contribution is -2.37. The highest BCUT2D eigenvalue weighted by Gasteiger charge is 2.20. The Kier molecular flexibility index (Phi) is 7.43. The molecule has 0 bridgehead atoms. The van der Waals surface area contributed by atoms with Gasteiger partial charge >= 0.3 is 0 Å². The average Bonchev–Trinajstić information content (AvgIpc) is 2.63. The lowest BCUT2D eigenvalue weighted by Gasteiger charge is -2.25. The second kappa shape index (κ2) is 9.59. The van der Waals surface area contributed by atoms with E-state index >= 15 is 0 Å². The molecule has 5 nitrogen and oxygen atoms in total. The topological polar surface area (TPSA) is 52.7 Å². The molecule has 2 amide bonds. The quantitative estimate of drug-likeness (QED) is 0.735. The molecule has 0 radical (unpaired) electrons. The molecule has 0 saturated heterocycles. The van der Waals surface area contributed by atoms with Gasteiger partial charge in [0.05, 0.1) is 5.69 Å². The Morgan fingerprint density at radius 3 is 1.97 bits per heavy atom. The average molecular weight is 396 g/mol. The number of benzene rings is 2. The summed E-state index contributed by atoms with van der Waals surface area (Å²) in [6.07, 6.45) is 0. The van der Waals surface area contributed by atoms with Gasteiger partial charge in [-0.05, 0) is 76.4 Å². The monoisotopic (exact) mass is 395 g/mol. The molecule has 0 atom stereocenters. The van der Waals surface area contributed by atoms with E-state index in [2.05, 4.69) is 30.1 Å². The van der Waals surface area contributed by atoms with Crippen molar-refractivity contribution in [1.82, 2.24) is 0 Å². The van der Waals surface area contributed by atoms with Crippen LogP contribution in [0.4, 0.5) is 17.1 Å². The summed E-state index contributed by atoms with van der Waals surface area (Å²) >= 11 is 0. The van der Waals surface area contributed by atoms with Crippen LogP contribution in [-0.2, 0) is 9.59 Å². The molecule has 0 fully saturated rings. The van der Waals surface area contributed by atoms with Crippen LogP contribution in [0.3, 0.4) is 0 Å². The number of nitrogens with one attached hydrogen (secondary N) is 1.